The average Bonchev–Trinajstić information content (AvgIpc) is 2.97. The van der Waals surface area contributed by atoms with E-state index in [2.05, 4.69) is 26.7 Å². The van der Waals surface area contributed by atoms with E-state index in [9.17, 15) is 4.79 Å². The van der Waals surface area contributed by atoms with Gasteiger partial charge in [0.2, 0.25) is 0 Å². The van der Waals surface area contributed by atoms with E-state index in [0.717, 1.165) is 16.3 Å². The van der Waals surface area contributed by atoms with Crippen LogP contribution in [-0.2, 0) is 0 Å². The molecule has 0 saturated carbocycles. The quantitative estimate of drug-likeness (QED) is 0.507. The largest absolute Gasteiger partial charge is 0.332 e. The van der Waals surface area contributed by atoms with Crippen LogP contribution in [0.2, 0.25) is 0 Å². The third-order valence-corrected chi connectivity index (χ3v) is 5.03. The minimum Gasteiger partial charge on any atom is -0.332 e. The summed E-state index contributed by atoms with van der Waals surface area (Å²) >= 11 is 1.53. The Morgan fingerprint density at radius 2 is 2.14 bits per heavy atom. The Balaban J connectivity index is 1.91. The molecule has 2 aliphatic rings. The van der Waals surface area contributed by atoms with Crippen molar-refractivity contribution in [2.75, 3.05) is 13.1 Å². The van der Waals surface area contributed by atoms with Crippen LogP contribution in [0.5, 0.6) is 0 Å². The van der Waals surface area contributed by atoms with Crippen molar-refractivity contribution in [3.8, 4) is 6.07 Å². The molecule has 2 unspecified atom stereocenters. The smallest absolute Gasteiger partial charge is 0.319 e. The summed E-state index contributed by atoms with van der Waals surface area (Å²) in [6.45, 7) is 6.92. The number of nitrogens with one attached hydrogen (secondary N) is 2. The molecule has 1 heterocycles. The summed E-state index contributed by atoms with van der Waals surface area (Å²) < 4.78 is 0. The van der Waals surface area contributed by atoms with Crippen LogP contribution in [0.4, 0.5) is 4.79 Å². The molecule has 2 N–H and O–H groups in total. The van der Waals surface area contributed by atoms with Crippen molar-refractivity contribution in [2.24, 2.45) is 15.9 Å². The van der Waals surface area contributed by atoms with E-state index < -0.39 is 0 Å². The standard InChI is InChI=1S/C22H27N5OS/c1-4-24-21(29-20-8-6-5-7-17(3)26-20)15-25-22(28)27-19-10-9-18(11-12-23)13-16(2)14-19/h5-10,13-14,16,20H,4,11,15H2,1-3H3,(H2,25,27,28)/b24-21-. The summed E-state index contributed by atoms with van der Waals surface area (Å²) in [6.07, 6.45) is 15.9. The molecule has 0 aromatic carbocycles. The first-order valence-corrected chi connectivity index (χ1v) is 10.5. The highest BCUT2D eigenvalue weighted by molar-refractivity contribution is 8.14. The molecule has 1 aliphatic heterocycles. The number of amides is 2. The molecule has 0 aromatic heterocycles. The molecular weight excluding hydrogens is 382 g/mol. The Morgan fingerprint density at radius 3 is 2.90 bits per heavy atom. The molecule has 0 aromatic rings. The normalized spacial score (nSPS) is 21.3. The van der Waals surface area contributed by atoms with Crippen LogP contribution in [0.1, 0.15) is 27.2 Å². The highest BCUT2D eigenvalue weighted by Gasteiger charge is 2.12. The van der Waals surface area contributed by atoms with Crippen molar-refractivity contribution < 1.29 is 4.79 Å². The van der Waals surface area contributed by atoms with Gasteiger partial charge in [0.15, 0.2) is 0 Å². The molecule has 1 aliphatic carbocycles. The van der Waals surface area contributed by atoms with E-state index in [4.69, 9.17) is 5.26 Å². The van der Waals surface area contributed by atoms with Crippen LogP contribution < -0.4 is 10.6 Å². The van der Waals surface area contributed by atoms with E-state index in [1.165, 1.54) is 11.8 Å². The molecular formula is C22H27N5OS. The number of carbonyl (C=O) groups excluding carboxylic acids is 1. The van der Waals surface area contributed by atoms with Crippen molar-refractivity contribution in [1.82, 2.24) is 10.6 Å². The van der Waals surface area contributed by atoms with Crippen molar-refractivity contribution in [1.29, 1.82) is 5.26 Å². The third-order valence-electron chi connectivity index (χ3n) is 3.98. The van der Waals surface area contributed by atoms with Gasteiger partial charge in [-0.3, -0.25) is 9.98 Å². The Hall–Kier alpha value is -2.85. The second-order valence-corrected chi connectivity index (χ2v) is 7.78. The topological polar surface area (TPSA) is 89.6 Å². The number of rotatable bonds is 6. The van der Waals surface area contributed by atoms with Crippen molar-refractivity contribution in [3.05, 3.63) is 59.9 Å². The number of hydrogen-bond donors (Lipinski definition) is 2. The first kappa shape index (κ1) is 22.4. The fourth-order valence-corrected chi connectivity index (χ4v) is 3.78. The van der Waals surface area contributed by atoms with Gasteiger partial charge in [-0.1, -0.05) is 49.1 Å². The average molecular weight is 410 g/mol. The minimum absolute atomic E-state index is 0.0573. The Morgan fingerprint density at radius 1 is 1.31 bits per heavy atom. The zero-order valence-corrected chi connectivity index (χ0v) is 17.9. The fourth-order valence-electron chi connectivity index (χ4n) is 2.76. The van der Waals surface area contributed by atoms with Gasteiger partial charge < -0.3 is 10.6 Å². The lowest BCUT2D eigenvalue weighted by Gasteiger charge is -2.13. The maximum atomic E-state index is 12.4. The predicted octanol–water partition coefficient (Wildman–Crippen LogP) is 4.28. The van der Waals surface area contributed by atoms with E-state index >= 15 is 0 Å². The molecule has 7 heteroatoms. The first-order chi connectivity index (χ1) is 14.0. The second-order valence-electron chi connectivity index (χ2n) is 6.59. The van der Waals surface area contributed by atoms with Crippen LogP contribution in [0.25, 0.3) is 0 Å². The molecule has 2 amide bonds. The number of hydrogen-bond acceptors (Lipinski definition) is 5. The number of nitrogens with zero attached hydrogens (tertiary/aromatic N) is 3. The molecule has 2 atom stereocenters. The number of carbonyl (C=O) groups is 1. The number of thioether (sulfide) groups is 1. The van der Waals surface area contributed by atoms with Gasteiger partial charge in [0.1, 0.15) is 5.37 Å². The van der Waals surface area contributed by atoms with E-state index in [1.807, 2.05) is 69.4 Å². The molecule has 0 fully saturated rings. The Bertz CT molecular complexity index is 855. The first-order valence-electron chi connectivity index (χ1n) is 9.61. The zero-order chi connectivity index (χ0) is 21.1. The highest BCUT2D eigenvalue weighted by atomic mass is 32.2. The molecule has 0 radical (unpaired) electrons. The molecule has 2 rings (SSSR count). The number of urea groups is 1. The summed E-state index contributed by atoms with van der Waals surface area (Å²) in [7, 11) is 0. The van der Waals surface area contributed by atoms with E-state index in [0.29, 0.717) is 25.2 Å². The molecule has 0 bridgehead atoms. The number of allylic oxidation sites excluding steroid dienone is 8. The van der Waals surface area contributed by atoms with Gasteiger partial charge in [0.25, 0.3) is 0 Å². The highest BCUT2D eigenvalue weighted by Crippen LogP contribution is 2.19. The lowest BCUT2D eigenvalue weighted by molar-refractivity contribution is 0.245. The summed E-state index contributed by atoms with van der Waals surface area (Å²) in [4.78, 5) is 21.5. The summed E-state index contributed by atoms with van der Waals surface area (Å²) in [5.41, 5.74) is 2.61. The lowest BCUT2D eigenvalue weighted by atomic mass is 10.1. The fraction of sp³-hybridized carbons (Fsp3) is 0.364. The molecule has 29 heavy (non-hydrogen) atoms. The summed E-state index contributed by atoms with van der Waals surface area (Å²) in [5.74, 6) is 0.133. The second kappa shape index (κ2) is 11.9. The number of nitriles is 1. The van der Waals surface area contributed by atoms with Gasteiger partial charge >= 0.3 is 6.03 Å². The van der Waals surface area contributed by atoms with E-state index in [-0.39, 0.29) is 17.3 Å². The molecule has 0 spiro atoms. The maximum absolute atomic E-state index is 12.4. The van der Waals surface area contributed by atoms with Gasteiger partial charge in [-0.15, -0.1) is 0 Å². The SMILES string of the molecule is CC/N=C(/CNC(=O)NC1=CC(C)C=C(CC#N)C=C1)SC1C=CC=CC(C)=N1. The third kappa shape index (κ3) is 8.36. The van der Waals surface area contributed by atoms with E-state index in [1.54, 1.807) is 0 Å². The Kier molecular flexibility index (Phi) is 9.19. The van der Waals surface area contributed by atoms with Crippen molar-refractivity contribution >= 4 is 28.5 Å². The van der Waals surface area contributed by atoms with Crippen molar-refractivity contribution in [2.45, 2.75) is 32.6 Å². The van der Waals surface area contributed by atoms with Gasteiger partial charge in [0, 0.05) is 18.0 Å². The Labute approximate surface area is 177 Å². The predicted molar refractivity (Wildman–Crippen MR) is 122 cm³/mol. The molecule has 152 valence electrons. The lowest BCUT2D eigenvalue weighted by Crippen LogP contribution is -2.37. The summed E-state index contributed by atoms with van der Waals surface area (Å²) in [5, 5.41) is 15.4. The maximum Gasteiger partial charge on any atom is 0.319 e. The van der Waals surface area contributed by atoms with Crippen molar-refractivity contribution in [3.63, 3.8) is 0 Å². The van der Waals surface area contributed by atoms with Crippen LogP contribution in [0, 0.1) is 17.2 Å². The van der Waals surface area contributed by atoms with Gasteiger partial charge in [-0.25, -0.2) is 4.79 Å². The van der Waals surface area contributed by atoms with Crippen LogP contribution in [0.3, 0.4) is 0 Å². The minimum atomic E-state index is -0.293. The van der Waals surface area contributed by atoms with Gasteiger partial charge in [-0.2, -0.15) is 5.26 Å². The van der Waals surface area contributed by atoms with Crippen LogP contribution in [0.15, 0.2) is 69.9 Å². The summed E-state index contributed by atoms with van der Waals surface area (Å²) in [6, 6.07) is 1.86. The van der Waals surface area contributed by atoms with Gasteiger partial charge in [0.05, 0.1) is 24.1 Å². The van der Waals surface area contributed by atoms with Crippen LogP contribution in [-0.4, -0.2) is 35.2 Å². The van der Waals surface area contributed by atoms with Gasteiger partial charge in [-0.05, 0) is 43.6 Å². The molecule has 0 saturated heterocycles. The number of aliphatic imine (C=N–C) groups is 2. The van der Waals surface area contributed by atoms with Crippen LogP contribution >= 0.6 is 11.8 Å². The zero-order valence-electron chi connectivity index (χ0n) is 17.1. The monoisotopic (exact) mass is 409 g/mol. The molecule has 6 nitrogen and oxygen atoms in total.